The molecule has 13 heavy (non-hydrogen) atoms. The quantitative estimate of drug-likeness (QED) is 0.681. The van der Waals surface area contributed by atoms with Crippen LogP contribution in [0.2, 0.25) is 0 Å². The summed E-state index contributed by atoms with van der Waals surface area (Å²) in [6.45, 7) is 1.25. The lowest BCUT2D eigenvalue weighted by atomic mass is 10.2. The van der Waals surface area contributed by atoms with Crippen molar-refractivity contribution in [2.75, 3.05) is 20.1 Å². The molecule has 0 unspecified atom stereocenters. The zero-order valence-corrected chi connectivity index (χ0v) is 8.49. The van der Waals surface area contributed by atoms with Gasteiger partial charge in [-0.2, -0.15) is 11.3 Å². The lowest BCUT2D eigenvalue weighted by Gasteiger charge is -2.01. The Morgan fingerprint density at radius 1 is 1.62 bits per heavy atom. The summed E-state index contributed by atoms with van der Waals surface area (Å²) < 4.78 is 0. The Morgan fingerprint density at radius 2 is 2.46 bits per heavy atom. The molecule has 3 nitrogen and oxygen atoms in total. The van der Waals surface area contributed by atoms with Crippen LogP contribution in [0.4, 0.5) is 0 Å². The number of nitrogens with one attached hydrogen (secondary N) is 2. The molecule has 0 saturated heterocycles. The van der Waals surface area contributed by atoms with Crippen molar-refractivity contribution in [2.45, 2.75) is 6.42 Å². The molecule has 0 atom stereocenters. The van der Waals surface area contributed by atoms with Gasteiger partial charge in [-0.3, -0.25) is 4.79 Å². The van der Waals surface area contributed by atoms with Crippen molar-refractivity contribution in [1.82, 2.24) is 10.6 Å². The average molecular weight is 198 g/mol. The number of likely N-dealkylation sites (N-methyl/N-ethyl adjacent to an activating group) is 1. The van der Waals surface area contributed by atoms with E-state index >= 15 is 0 Å². The molecule has 1 amide bonds. The summed E-state index contributed by atoms with van der Waals surface area (Å²) >= 11 is 1.70. The van der Waals surface area contributed by atoms with Crippen LogP contribution in [0.1, 0.15) is 5.56 Å². The Bertz CT molecular complexity index is 246. The van der Waals surface area contributed by atoms with Crippen molar-refractivity contribution in [3.63, 3.8) is 0 Å². The van der Waals surface area contributed by atoms with E-state index in [1.165, 1.54) is 5.56 Å². The SMILES string of the molecule is CNC(=O)CNCCc1ccsc1. The Morgan fingerprint density at radius 3 is 3.08 bits per heavy atom. The average Bonchev–Trinajstić information content (AvgIpc) is 2.64. The third kappa shape index (κ3) is 4.05. The molecule has 0 aliphatic heterocycles. The molecule has 2 N–H and O–H groups in total. The van der Waals surface area contributed by atoms with Crippen molar-refractivity contribution in [3.8, 4) is 0 Å². The highest BCUT2D eigenvalue weighted by Gasteiger charge is 1.96. The highest BCUT2D eigenvalue weighted by molar-refractivity contribution is 7.07. The third-order valence-corrected chi connectivity index (χ3v) is 2.47. The van der Waals surface area contributed by atoms with E-state index in [0.717, 1.165) is 13.0 Å². The Hall–Kier alpha value is -0.870. The Balaban J connectivity index is 2.05. The van der Waals surface area contributed by atoms with Crippen molar-refractivity contribution < 1.29 is 4.79 Å². The molecule has 0 aliphatic rings. The van der Waals surface area contributed by atoms with Gasteiger partial charge in [0.05, 0.1) is 6.54 Å². The molecule has 1 heterocycles. The monoisotopic (exact) mass is 198 g/mol. The lowest BCUT2D eigenvalue weighted by molar-refractivity contribution is -0.119. The highest BCUT2D eigenvalue weighted by Crippen LogP contribution is 2.05. The second-order valence-corrected chi connectivity index (χ2v) is 3.51. The van der Waals surface area contributed by atoms with E-state index in [1.807, 2.05) is 0 Å². The molecule has 0 radical (unpaired) electrons. The van der Waals surface area contributed by atoms with E-state index in [0.29, 0.717) is 6.54 Å². The van der Waals surface area contributed by atoms with Gasteiger partial charge in [-0.1, -0.05) is 0 Å². The molecule has 0 spiro atoms. The minimum absolute atomic E-state index is 0.0327. The van der Waals surface area contributed by atoms with Crippen molar-refractivity contribution >= 4 is 17.2 Å². The largest absolute Gasteiger partial charge is 0.358 e. The van der Waals surface area contributed by atoms with Crippen LogP contribution in [-0.2, 0) is 11.2 Å². The predicted octanol–water partition coefficient (Wildman–Crippen LogP) is 0.626. The lowest BCUT2D eigenvalue weighted by Crippen LogP contribution is -2.32. The van der Waals surface area contributed by atoms with Crippen LogP contribution in [0.3, 0.4) is 0 Å². The molecule has 1 rings (SSSR count). The van der Waals surface area contributed by atoms with E-state index in [9.17, 15) is 4.79 Å². The van der Waals surface area contributed by atoms with Crippen LogP contribution in [-0.4, -0.2) is 26.0 Å². The van der Waals surface area contributed by atoms with E-state index in [2.05, 4.69) is 27.5 Å². The summed E-state index contributed by atoms with van der Waals surface area (Å²) in [5.41, 5.74) is 1.33. The van der Waals surface area contributed by atoms with Crippen molar-refractivity contribution in [3.05, 3.63) is 22.4 Å². The van der Waals surface area contributed by atoms with Gasteiger partial charge in [-0.15, -0.1) is 0 Å². The summed E-state index contributed by atoms with van der Waals surface area (Å²) in [5, 5.41) is 9.82. The van der Waals surface area contributed by atoms with Crippen LogP contribution in [0, 0.1) is 0 Å². The molecule has 1 aromatic rings. The number of carbonyl (C=O) groups excluding carboxylic acids is 1. The Kier molecular flexibility index (Phi) is 4.49. The van der Waals surface area contributed by atoms with E-state index in [4.69, 9.17) is 0 Å². The van der Waals surface area contributed by atoms with Gasteiger partial charge in [0.2, 0.25) is 5.91 Å². The highest BCUT2D eigenvalue weighted by atomic mass is 32.1. The van der Waals surface area contributed by atoms with Gasteiger partial charge in [0.1, 0.15) is 0 Å². The summed E-state index contributed by atoms with van der Waals surface area (Å²) in [5.74, 6) is 0.0327. The number of rotatable bonds is 5. The Labute approximate surface area is 82.2 Å². The molecule has 0 aromatic carbocycles. The topological polar surface area (TPSA) is 41.1 Å². The molecular weight excluding hydrogens is 184 g/mol. The number of hydrogen-bond acceptors (Lipinski definition) is 3. The molecule has 0 fully saturated rings. The van der Waals surface area contributed by atoms with Crippen LogP contribution in [0.25, 0.3) is 0 Å². The number of thiophene rings is 1. The fraction of sp³-hybridized carbons (Fsp3) is 0.444. The van der Waals surface area contributed by atoms with Gasteiger partial charge >= 0.3 is 0 Å². The van der Waals surface area contributed by atoms with Crippen molar-refractivity contribution in [1.29, 1.82) is 0 Å². The fourth-order valence-electron chi connectivity index (χ4n) is 0.958. The smallest absolute Gasteiger partial charge is 0.233 e. The number of amides is 1. The van der Waals surface area contributed by atoms with E-state index in [1.54, 1.807) is 18.4 Å². The van der Waals surface area contributed by atoms with Crippen LogP contribution in [0.5, 0.6) is 0 Å². The summed E-state index contributed by atoms with van der Waals surface area (Å²) in [4.78, 5) is 10.8. The van der Waals surface area contributed by atoms with Crippen LogP contribution < -0.4 is 10.6 Å². The molecule has 0 aliphatic carbocycles. The maximum absolute atomic E-state index is 10.8. The minimum Gasteiger partial charge on any atom is -0.358 e. The van der Waals surface area contributed by atoms with Gasteiger partial charge < -0.3 is 10.6 Å². The molecule has 0 bridgehead atoms. The fourth-order valence-corrected chi connectivity index (χ4v) is 1.66. The summed E-state index contributed by atoms with van der Waals surface area (Å²) in [6, 6.07) is 2.10. The van der Waals surface area contributed by atoms with Crippen molar-refractivity contribution in [2.24, 2.45) is 0 Å². The van der Waals surface area contributed by atoms with Crippen LogP contribution >= 0.6 is 11.3 Å². The zero-order chi connectivity index (χ0) is 9.52. The molecule has 0 saturated carbocycles. The zero-order valence-electron chi connectivity index (χ0n) is 7.67. The van der Waals surface area contributed by atoms with Crippen LogP contribution in [0.15, 0.2) is 16.8 Å². The van der Waals surface area contributed by atoms with Gasteiger partial charge in [0.25, 0.3) is 0 Å². The second-order valence-electron chi connectivity index (χ2n) is 2.73. The standard InChI is InChI=1S/C9H14N2OS/c1-10-9(12)6-11-4-2-8-3-5-13-7-8/h3,5,7,11H,2,4,6H2,1H3,(H,10,12). The maximum Gasteiger partial charge on any atom is 0.233 e. The first-order chi connectivity index (χ1) is 6.33. The first kappa shape index (κ1) is 10.2. The normalized spacial score (nSPS) is 9.92. The number of hydrogen-bond donors (Lipinski definition) is 2. The number of carbonyl (C=O) groups is 1. The molecular formula is C9H14N2OS. The first-order valence-electron chi connectivity index (χ1n) is 4.25. The van der Waals surface area contributed by atoms with Gasteiger partial charge in [-0.25, -0.2) is 0 Å². The summed E-state index contributed by atoms with van der Waals surface area (Å²) in [7, 11) is 1.64. The maximum atomic E-state index is 10.8. The minimum atomic E-state index is 0.0327. The third-order valence-electron chi connectivity index (χ3n) is 1.73. The molecule has 4 heteroatoms. The van der Waals surface area contributed by atoms with Gasteiger partial charge in [0, 0.05) is 7.05 Å². The second kappa shape index (κ2) is 5.72. The molecule has 72 valence electrons. The molecule has 1 aromatic heterocycles. The predicted molar refractivity (Wildman–Crippen MR) is 55.0 cm³/mol. The van der Waals surface area contributed by atoms with Gasteiger partial charge in [0.15, 0.2) is 0 Å². The summed E-state index contributed by atoms with van der Waals surface area (Å²) in [6.07, 6.45) is 0.987. The van der Waals surface area contributed by atoms with E-state index in [-0.39, 0.29) is 5.91 Å². The van der Waals surface area contributed by atoms with E-state index < -0.39 is 0 Å². The van der Waals surface area contributed by atoms with Gasteiger partial charge in [-0.05, 0) is 35.4 Å². The first-order valence-corrected chi connectivity index (χ1v) is 5.19.